The summed E-state index contributed by atoms with van der Waals surface area (Å²) < 4.78 is 18.2. The van der Waals surface area contributed by atoms with E-state index in [0.717, 1.165) is 16.9 Å². The smallest absolute Gasteiger partial charge is 0.223 e. The van der Waals surface area contributed by atoms with Crippen molar-refractivity contribution < 1.29 is 13.9 Å². The molecule has 2 aromatic rings. The van der Waals surface area contributed by atoms with Crippen LogP contribution in [0.2, 0.25) is 0 Å². The van der Waals surface area contributed by atoms with Crippen molar-refractivity contribution in [3.05, 3.63) is 65.5 Å². The van der Waals surface area contributed by atoms with Crippen molar-refractivity contribution in [1.29, 1.82) is 0 Å². The van der Waals surface area contributed by atoms with Gasteiger partial charge in [-0.3, -0.25) is 4.79 Å². The molecule has 3 nitrogen and oxygen atoms in total. The summed E-state index contributed by atoms with van der Waals surface area (Å²) in [6.45, 7) is 4.64. The molecule has 0 aromatic heterocycles. The van der Waals surface area contributed by atoms with Crippen molar-refractivity contribution in [3.8, 4) is 5.75 Å². The summed E-state index contributed by atoms with van der Waals surface area (Å²) in [5, 5.41) is 0. The van der Waals surface area contributed by atoms with Gasteiger partial charge in [-0.2, -0.15) is 0 Å². The maximum absolute atomic E-state index is 12.9. The molecule has 0 heterocycles. The van der Waals surface area contributed by atoms with Crippen LogP contribution in [-0.2, 0) is 11.2 Å². The summed E-state index contributed by atoms with van der Waals surface area (Å²) >= 11 is 0. The minimum atomic E-state index is -0.257. The first-order valence-electron chi connectivity index (χ1n) is 8.23. The molecule has 1 unspecified atom stereocenters. The van der Waals surface area contributed by atoms with Crippen molar-refractivity contribution in [2.45, 2.75) is 32.7 Å². The molecule has 4 heteroatoms. The van der Waals surface area contributed by atoms with Gasteiger partial charge in [0, 0.05) is 13.0 Å². The Morgan fingerprint density at radius 3 is 2.54 bits per heavy atom. The van der Waals surface area contributed by atoms with E-state index in [1.807, 2.05) is 43.0 Å². The van der Waals surface area contributed by atoms with Crippen molar-refractivity contribution in [1.82, 2.24) is 4.90 Å². The summed E-state index contributed by atoms with van der Waals surface area (Å²) in [6, 6.07) is 14.1. The molecule has 0 radical (unpaired) electrons. The predicted molar refractivity (Wildman–Crippen MR) is 93.5 cm³/mol. The van der Waals surface area contributed by atoms with Gasteiger partial charge in [0.1, 0.15) is 11.6 Å². The number of carbonyl (C=O) groups excluding carboxylic acids is 1. The Balaban J connectivity index is 2.03. The Bertz CT molecular complexity index is 670. The molecular formula is C20H24FNO2. The SMILES string of the molecule is CCN(C(=O)CCc1ccc(F)cc1)C(C)c1cccc(OC)c1. The highest BCUT2D eigenvalue weighted by molar-refractivity contribution is 5.77. The molecule has 2 aromatic carbocycles. The molecule has 128 valence electrons. The first-order chi connectivity index (χ1) is 11.5. The van der Waals surface area contributed by atoms with Crippen LogP contribution in [0.1, 0.15) is 37.4 Å². The molecule has 0 bridgehead atoms. The number of benzene rings is 2. The average Bonchev–Trinajstić information content (AvgIpc) is 2.61. The molecule has 1 atom stereocenters. The maximum atomic E-state index is 12.9. The van der Waals surface area contributed by atoms with Crippen molar-refractivity contribution in [2.24, 2.45) is 0 Å². The topological polar surface area (TPSA) is 29.5 Å². The lowest BCUT2D eigenvalue weighted by Crippen LogP contribution is -2.33. The van der Waals surface area contributed by atoms with Crippen LogP contribution in [0.3, 0.4) is 0 Å². The van der Waals surface area contributed by atoms with Gasteiger partial charge in [0.2, 0.25) is 5.91 Å². The summed E-state index contributed by atoms with van der Waals surface area (Å²) in [5.41, 5.74) is 2.01. The van der Waals surface area contributed by atoms with Gasteiger partial charge in [0.05, 0.1) is 13.2 Å². The lowest BCUT2D eigenvalue weighted by atomic mass is 10.0. The third-order valence-corrected chi connectivity index (χ3v) is 4.25. The fourth-order valence-corrected chi connectivity index (χ4v) is 2.79. The minimum Gasteiger partial charge on any atom is -0.497 e. The number of aryl methyl sites for hydroxylation is 1. The van der Waals surface area contributed by atoms with E-state index < -0.39 is 0 Å². The lowest BCUT2D eigenvalue weighted by molar-refractivity contribution is -0.133. The van der Waals surface area contributed by atoms with Crippen LogP contribution in [0.4, 0.5) is 4.39 Å². The molecule has 2 rings (SSSR count). The number of carbonyl (C=O) groups is 1. The molecular weight excluding hydrogens is 305 g/mol. The van der Waals surface area contributed by atoms with Gasteiger partial charge in [-0.25, -0.2) is 4.39 Å². The second kappa shape index (κ2) is 8.48. The molecule has 24 heavy (non-hydrogen) atoms. The number of rotatable bonds is 7. The van der Waals surface area contributed by atoms with E-state index in [0.29, 0.717) is 19.4 Å². The Kier molecular flexibility index (Phi) is 6.36. The predicted octanol–water partition coefficient (Wildman–Crippen LogP) is 4.38. The van der Waals surface area contributed by atoms with E-state index in [4.69, 9.17) is 4.74 Å². The number of amides is 1. The number of halogens is 1. The van der Waals surface area contributed by atoms with Crippen molar-refractivity contribution in [2.75, 3.05) is 13.7 Å². The Labute approximate surface area is 143 Å². The molecule has 0 spiro atoms. The molecule has 0 fully saturated rings. The van der Waals surface area contributed by atoms with E-state index >= 15 is 0 Å². The van der Waals surface area contributed by atoms with Crippen molar-refractivity contribution >= 4 is 5.91 Å². The van der Waals surface area contributed by atoms with Crippen LogP contribution in [0, 0.1) is 5.82 Å². The van der Waals surface area contributed by atoms with E-state index in [1.54, 1.807) is 19.2 Å². The maximum Gasteiger partial charge on any atom is 0.223 e. The van der Waals surface area contributed by atoms with Gasteiger partial charge in [-0.05, 0) is 55.7 Å². The van der Waals surface area contributed by atoms with Crippen LogP contribution in [0.25, 0.3) is 0 Å². The summed E-state index contributed by atoms with van der Waals surface area (Å²) in [4.78, 5) is 14.5. The second-order valence-electron chi connectivity index (χ2n) is 5.76. The van der Waals surface area contributed by atoms with E-state index in [2.05, 4.69) is 0 Å². The number of hydrogen-bond donors (Lipinski definition) is 0. The molecule has 0 saturated heterocycles. The fourth-order valence-electron chi connectivity index (χ4n) is 2.79. The zero-order valence-corrected chi connectivity index (χ0v) is 14.5. The Morgan fingerprint density at radius 1 is 1.21 bits per heavy atom. The first kappa shape index (κ1) is 18.0. The van der Waals surface area contributed by atoms with Crippen molar-refractivity contribution in [3.63, 3.8) is 0 Å². The van der Waals surface area contributed by atoms with Crippen LogP contribution in [0.5, 0.6) is 5.75 Å². The van der Waals surface area contributed by atoms with Gasteiger partial charge in [-0.15, -0.1) is 0 Å². The van der Waals surface area contributed by atoms with Crippen LogP contribution in [-0.4, -0.2) is 24.5 Å². The molecule has 0 aliphatic heterocycles. The molecule has 1 amide bonds. The van der Waals surface area contributed by atoms with Crippen LogP contribution in [0.15, 0.2) is 48.5 Å². The van der Waals surface area contributed by atoms with Gasteiger partial charge in [-0.1, -0.05) is 24.3 Å². The monoisotopic (exact) mass is 329 g/mol. The minimum absolute atomic E-state index is 0.0224. The summed E-state index contributed by atoms with van der Waals surface area (Å²) in [5.74, 6) is 0.623. The highest BCUT2D eigenvalue weighted by Gasteiger charge is 2.20. The third kappa shape index (κ3) is 4.57. The van der Waals surface area contributed by atoms with Gasteiger partial charge in [0.15, 0.2) is 0 Å². The first-order valence-corrected chi connectivity index (χ1v) is 8.23. The fraction of sp³-hybridized carbons (Fsp3) is 0.350. The highest BCUT2D eigenvalue weighted by Crippen LogP contribution is 2.24. The number of methoxy groups -OCH3 is 1. The summed E-state index contributed by atoms with van der Waals surface area (Å²) in [7, 11) is 1.63. The molecule has 0 saturated carbocycles. The third-order valence-electron chi connectivity index (χ3n) is 4.25. The van der Waals surface area contributed by atoms with Gasteiger partial charge >= 0.3 is 0 Å². The van der Waals surface area contributed by atoms with Gasteiger partial charge < -0.3 is 9.64 Å². The Morgan fingerprint density at radius 2 is 1.92 bits per heavy atom. The van der Waals surface area contributed by atoms with Crippen LogP contribution < -0.4 is 4.74 Å². The average molecular weight is 329 g/mol. The Hall–Kier alpha value is -2.36. The molecule has 0 aliphatic carbocycles. The lowest BCUT2D eigenvalue weighted by Gasteiger charge is -2.29. The largest absolute Gasteiger partial charge is 0.497 e. The second-order valence-corrected chi connectivity index (χ2v) is 5.76. The zero-order chi connectivity index (χ0) is 17.5. The molecule has 0 N–H and O–H groups in total. The standard InChI is InChI=1S/C20H24FNO2/c1-4-22(15(2)17-6-5-7-19(14-17)24-3)20(23)13-10-16-8-11-18(21)12-9-16/h5-9,11-12,14-15H,4,10,13H2,1-3H3. The number of nitrogens with zero attached hydrogens (tertiary/aromatic N) is 1. The normalized spacial score (nSPS) is 11.8. The number of ether oxygens (including phenoxy) is 1. The van der Waals surface area contributed by atoms with E-state index in [-0.39, 0.29) is 17.8 Å². The number of hydrogen-bond acceptors (Lipinski definition) is 2. The molecule has 0 aliphatic rings. The zero-order valence-electron chi connectivity index (χ0n) is 14.5. The highest BCUT2D eigenvalue weighted by atomic mass is 19.1. The van der Waals surface area contributed by atoms with E-state index in [1.165, 1.54) is 12.1 Å². The van der Waals surface area contributed by atoms with Crippen LogP contribution >= 0.6 is 0 Å². The summed E-state index contributed by atoms with van der Waals surface area (Å²) in [6.07, 6.45) is 1.02. The quantitative estimate of drug-likeness (QED) is 0.754. The van der Waals surface area contributed by atoms with E-state index in [9.17, 15) is 9.18 Å². The van der Waals surface area contributed by atoms with Gasteiger partial charge in [0.25, 0.3) is 0 Å².